The van der Waals surface area contributed by atoms with Gasteiger partial charge in [-0.25, -0.2) is 4.79 Å². The Balaban J connectivity index is 2.69. The average molecular weight is 319 g/mol. The van der Waals surface area contributed by atoms with Crippen LogP contribution in [0.2, 0.25) is 0 Å². The highest BCUT2D eigenvalue weighted by atomic mass is 16.2. The number of primary amides is 1. The van der Waals surface area contributed by atoms with Crippen molar-refractivity contribution in [3.8, 4) is 0 Å². The smallest absolute Gasteiger partial charge is 0.312 e. The maximum Gasteiger partial charge on any atom is 0.312 e. The number of carbonyl (C=O) groups is 2. The third-order valence-corrected chi connectivity index (χ3v) is 3.85. The second-order valence-electron chi connectivity index (χ2n) is 6.56. The fourth-order valence-electron chi connectivity index (χ4n) is 2.56. The van der Waals surface area contributed by atoms with Crippen molar-refractivity contribution in [3.63, 3.8) is 0 Å². The van der Waals surface area contributed by atoms with Crippen molar-refractivity contribution in [1.82, 2.24) is 10.6 Å². The summed E-state index contributed by atoms with van der Waals surface area (Å²) >= 11 is 0. The predicted molar refractivity (Wildman–Crippen MR) is 92.9 cm³/mol. The van der Waals surface area contributed by atoms with E-state index in [1.54, 1.807) is 0 Å². The maximum atomic E-state index is 12.3. The fourth-order valence-corrected chi connectivity index (χ4v) is 2.56. The Kier molecular flexibility index (Phi) is 7.59. The Morgan fingerprint density at radius 1 is 1.09 bits per heavy atom. The molecule has 0 aromatic heterocycles. The first-order valence-electron chi connectivity index (χ1n) is 8.20. The summed E-state index contributed by atoms with van der Waals surface area (Å²) in [7, 11) is 0. The van der Waals surface area contributed by atoms with Crippen molar-refractivity contribution >= 4 is 11.9 Å². The summed E-state index contributed by atoms with van der Waals surface area (Å²) in [5.41, 5.74) is 7.19. The van der Waals surface area contributed by atoms with Crippen molar-refractivity contribution in [2.75, 3.05) is 0 Å². The number of nitrogens with one attached hydrogen (secondary N) is 2. The van der Waals surface area contributed by atoms with Gasteiger partial charge in [-0.15, -0.1) is 0 Å². The average Bonchev–Trinajstić information content (AvgIpc) is 2.44. The van der Waals surface area contributed by atoms with Crippen molar-refractivity contribution in [3.05, 3.63) is 35.4 Å². The molecule has 0 radical (unpaired) electrons. The summed E-state index contributed by atoms with van der Waals surface area (Å²) < 4.78 is 0. The molecular weight excluding hydrogens is 290 g/mol. The lowest BCUT2D eigenvalue weighted by molar-refractivity contribution is -0.122. The van der Waals surface area contributed by atoms with Crippen LogP contribution in [0.15, 0.2) is 24.3 Å². The molecule has 3 amide bonds. The van der Waals surface area contributed by atoms with E-state index in [1.165, 1.54) is 0 Å². The van der Waals surface area contributed by atoms with Crippen LogP contribution in [0.4, 0.5) is 4.79 Å². The number of aryl methyl sites for hydroxylation is 1. The fraction of sp³-hybridized carbons (Fsp3) is 0.556. The monoisotopic (exact) mass is 319 g/mol. The van der Waals surface area contributed by atoms with Gasteiger partial charge in [0.05, 0.1) is 12.5 Å². The van der Waals surface area contributed by atoms with Crippen molar-refractivity contribution in [2.45, 2.75) is 59.0 Å². The molecule has 2 atom stereocenters. The van der Waals surface area contributed by atoms with Gasteiger partial charge in [0.2, 0.25) is 5.91 Å². The van der Waals surface area contributed by atoms with E-state index in [9.17, 15) is 9.59 Å². The Labute approximate surface area is 139 Å². The van der Waals surface area contributed by atoms with Gasteiger partial charge in [-0.1, -0.05) is 38.1 Å². The van der Waals surface area contributed by atoms with Gasteiger partial charge in [0.25, 0.3) is 0 Å². The van der Waals surface area contributed by atoms with E-state index in [0.29, 0.717) is 5.92 Å². The summed E-state index contributed by atoms with van der Waals surface area (Å²) in [5, 5.41) is 5.67. The van der Waals surface area contributed by atoms with Crippen LogP contribution in [0.1, 0.15) is 57.2 Å². The predicted octanol–water partition coefficient (Wildman–Crippen LogP) is 3.04. The second kappa shape index (κ2) is 9.18. The number of amides is 3. The first-order valence-corrected chi connectivity index (χ1v) is 8.20. The summed E-state index contributed by atoms with van der Waals surface area (Å²) in [5.74, 6) is 0.536. The minimum Gasteiger partial charge on any atom is -0.354 e. The molecule has 128 valence electrons. The molecule has 5 heteroatoms. The molecule has 0 saturated carbocycles. The van der Waals surface area contributed by atoms with E-state index in [-0.39, 0.29) is 18.4 Å². The molecule has 0 aliphatic heterocycles. The quantitative estimate of drug-likeness (QED) is 0.688. The molecule has 0 unspecified atom stereocenters. The topological polar surface area (TPSA) is 84.2 Å². The Hall–Kier alpha value is -2.04. The molecule has 0 bridgehead atoms. The number of hydrogen-bond acceptors (Lipinski definition) is 2. The molecule has 0 saturated heterocycles. The standard InChI is InChI=1S/C18H29N3O2/c1-12(2)9-10-14(4)20-17(22)11-16(21-18(19)23)15-8-6-5-7-13(15)3/h5-8,12,14,16H,9-11H2,1-4H3,(H,20,22)(H3,19,21,23)/t14-,16+/m0/s1. The third kappa shape index (κ3) is 7.17. The van der Waals surface area contributed by atoms with Crippen LogP contribution in [0.5, 0.6) is 0 Å². The summed E-state index contributed by atoms with van der Waals surface area (Å²) in [4.78, 5) is 23.5. The van der Waals surface area contributed by atoms with Crippen LogP contribution in [0.25, 0.3) is 0 Å². The van der Waals surface area contributed by atoms with Crippen LogP contribution >= 0.6 is 0 Å². The molecular formula is C18H29N3O2. The molecule has 0 fully saturated rings. The number of hydrogen-bond donors (Lipinski definition) is 3. The first kappa shape index (κ1) is 19.0. The largest absolute Gasteiger partial charge is 0.354 e. The molecule has 0 heterocycles. The molecule has 1 aromatic rings. The highest BCUT2D eigenvalue weighted by Gasteiger charge is 2.19. The van der Waals surface area contributed by atoms with Crippen LogP contribution in [0.3, 0.4) is 0 Å². The molecule has 23 heavy (non-hydrogen) atoms. The molecule has 0 aliphatic carbocycles. The summed E-state index contributed by atoms with van der Waals surface area (Å²) in [6.45, 7) is 8.29. The third-order valence-electron chi connectivity index (χ3n) is 3.85. The number of urea groups is 1. The van der Waals surface area contributed by atoms with Crippen molar-refractivity contribution < 1.29 is 9.59 Å². The minimum atomic E-state index is -0.626. The zero-order valence-corrected chi connectivity index (χ0v) is 14.6. The number of rotatable bonds is 8. The normalized spacial score (nSPS) is 13.4. The van der Waals surface area contributed by atoms with E-state index < -0.39 is 12.1 Å². The lowest BCUT2D eigenvalue weighted by Crippen LogP contribution is -2.39. The van der Waals surface area contributed by atoms with Gasteiger partial charge in [-0.3, -0.25) is 4.79 Å². The highest BCUT2D eigenvalue weighted by molar-refractivity contribution is 5.79. The zero-order valence-electron chi connectivity index (χ0n) is 14.6. The Bertz CT molecular complexity index is 529. The Morgan fingerprint density at radius 3 is 2.30 bits per heavy atom. The number of nitrogens with two attached hydrogens (primary N) is 1. The van der Waals surface area contributed by atoms with Gasteiger partial charge in [-0.2, -0.15) is 0 Å². The Morgan fingerprint density at radius 2 is 1.74 bits per heavy atom. The highest BCUT2D eigenvalue weighted by Crippen LogP contribution is 2.20. The lowest BCUT2D eigenvalue weighted by atomic mass is 9.98. The van der Waals surface area contributed by atoms with Crippen LogP contribution in [-0.4, -0.2) is 18.0 Å². The van der Waals surface area contributed by atoms with Crippen LogP contribution < -0.4 is 16.4 Å². The van der Waals surface area contributed by atoms with E-state index in [1.807, 2.05) is 38.1 Å². The van der Waals surface area contributed by atoms with E-state index >= 15 is 0 Å². The van der Waals surface area contributed by atoms with Gasteiger partial charge in [0, 0.05) is 6.04 Å². The van der Waals surface area contributed by atoms with Gasteiger partial charge in [-0.05, 0) is 43.7 Å². The summed E-state index contributed by atoms with van der Waals surface area (Å²) in [6.07, 6.45) is 2.20. The molecule has 4 N–H and O–H groups in total. The van der Waals surface area contributed by atoms with Gasteiger partial charge >= 0.3 is 6.03 Å². The van der Waals surface area contributed by atoms with E-state index in [4.69, 9.17) is 5.73 Å². The van der Waals surface area contributed by atoms with Gasteiger partial charge in [0.15, 0.2) is 0 Å². The molecule has 1 aromatic carbocycles. The van der Waals surface area contributed by atoms with Crippen molar-refractivity contribution in [1.29, 1.82) is 0 Å². The SMILES string of the molecule is Cc1ccccc1[C@@H](CC(=O)N[C@@H](C)CCC(C)C)NC(N)=O. The van der Waals surface area contributed by atoms with Crippen LogP contribution in [-0.2, 0) is 4.79 Å². The van der Waals surface area contributed by atoms with Crippen LogP contribution in [0, 0.1) is 12.8 Å². The minimum absolute atomic E-state index is 0.0803. The second-order valence-corrected chi connectivity index (χ2v) is 6.56. The summed E-state index contributed by atoms with van der Waals surface area (Å²) in [6, 6.07) is 6.76. The van der Waals surface area contributed by atoms with Gasteiger partial charge in [0.1, 0.15) is 0 Å². The molecule has 0 spiro atoms. The zero-order chi connectivity index (χ0) is 17.4. The number of benzene rings is 1. The first-order chi connectivity index (χ1) is 10.8. The number of carbonyl (C=O) groups excluding carboxylic acids is 2. The molecule has 1 rings (SSSR count). The van der Waals surface area contributed by atoms with E-state index in [0.717, 1.165) is 24.0 Å². The lowest BCUT2D eigenvalue weighted by Gasteiger charge is -2.21. The molecule has 5 nitrogen and oxygen atoms in total. The maximum absolute atomic E-state index is 12.3. The molecule has 0 aliphatic rings. The van der Waals surface area contributed by atoms with Gasteiger partial charge < -0.3 is 16.4 Å². The van der Waals surface area contributed by atoms with E-state index in [2.05, 4.69) is 24.5 Å². The van der Waals surface area contributed by atoms with Crippen molar-refractivity contribution in [2.24, 2.45) is 11.7 Å².